The molecule has 2 atom stereocenters. The summed E-state index contributed by atoms with van der Waals surface area (Å²) in [6.45, 7) is 5.41. The molecule has 9 heteroatoms. The Morgan fingerprint density at radius 2 is 0.982 bits per heavy atom. The first kappa shape index (κ1) is 55.0. The second-order valence-electron chi connectivity index (χ2n) is 17.1. The van der Waals surface area contributed by atoms with Crippen molar-refractivity contribution < 1.29 is 37.3 Å². The largest absolute Gasteiger partial charge is 0.756 e. The van der Waals surface area contributed by atoms with E-state index in [0.29, 0.717) is 24.1 Å². The van der Waals surface area contributed by atoms with Crippen LogP contribution in [0.25, 0.3) is 0 Å². The molecule has 0 aromatic carbocycles. The van der Waals surface area contributed by atoms with E-state index in [2.05, 4.69) is 38.2 Å². The summed E-state index contributed by atoms with van der Waals surface area (Å²) in [5, 5.41) is 0. The fourth-order valence-corrected chi connectivity index (χ4v) is 7.31. The van der Waals surface area contributed by atoms with Crippen molar-refractivity contribution in [3.05, 3.63) is 24.3 Å². The van der Waals surface area contributed by atoms with Crippen molar-refractivity contribution >= 4 is 13.8 Å². The van der Waals surface area contributed by atoms with Gasteiger partial charge in [0.2, 0.25) is 0 Å². The summed E-state index contributed by atoms with van der Waals surface area (Å²) in [6, 6.07) is 0. The lowest BCUT2D eigenvalue weighted by molar-refractivity contribution is -0.870. The summed E-state index contributed by atoms with van der Waals surface area (Å²) >= 11 is 0. The zero-order valence-corrected chi connectivity index (χ0v) is 38.5. The highest BCUT2D eigenvalue weighted by Gasteiger charge is 2.20. The molecule has 0 aliphatic heterocycles. The highest BCUT2D eigenvalue weighted by molar-refractivity contribution is 7.45. The van der Waals surface area contributed by atoms with E-state index >= 15 is 0 Å². The number of likely N-dealkylation sites (N-methyl/N-ethyl adjacent to an activating group) is 1. The molecule has 0 heterocycles. The topological polar surface area (TPSA) is 94.1 Å². The maximum atomic E-state index is 12.7. The Balaban J connectivity index is 4.15. The summed E-state index contributed by atoms with van der Waals surface area (Å²) < 4.78 is 34.7. The molecule has 0 aromatic rings. The Labute approximate surface area is 347 Å². The smallest absolute Gasteiger partial charge is 0.306 e. The molecule has 332 valence electrons. The maximum Gasteiger partial charge on any atom is 0.306 e. The maximum absolute atomic E-state index is 12.7. The van der Waals surface area contributed by atoms with Crippen LogP contribution in [0, 0.1) is 0 Å². The molecule has 2 unspecified atom stereocenters. The van der Waals surface area contributed by atoms with Gasteiger partial charge >= 0.3 is 5.97 Å². The second-order valence-corrected chi connectivity index (χ2v) is 18.5. The first-order chi connectivity index (χ1) is 27.1. The summed E-state index contributed by atoms with van der Waals surface area (Å²) in [6.07, 6.45) is 46.1. The van der Waals surface area contributed by atoms with Crippen LogP contribution in [0.1, 0.15) is 213 Å². The normalized spacial score (nSPS) is 13.9. The van der Waals surface area contributed by atoms with E-state index in [1.54, 1.807) is 0 Å². The number of nitrogens with zero attached hydrogens (tertiary/aromatic N) is 1. The Bertz CT molecular complexity index is 951. The average molecular weight is 814 g/mol. The van der Waals surface area contributed by atoms with Crippen molar-refractivity contribution in [2.24, 2.45) is 0 Å². The third-order valence-corrected chi connectivity index (χ3v) is 11.2. The van der Waals surface area contributed by atoms with E-state index in [9.17, 15) is 14.3 Å². The van der Waals surface area contributed by atoms with Crippen molar-refractivity contribution in [1.29, 1.82) is 0 Å². The molecule has 0 saturated heterocycles. The molecule has 0 aliphatic rings. The molecule has 56 heavy (non-hydrogen) atoms. The molecule has 0 radical (unpaired) electrons. The molecular formula is C47H92NO7P. The van der Waals surface area contributed by atoms with Crippen LogP contribution in [0.2, 0.25) is 0 Å². The molecule has 0 rings (SSSR count). The number of carbonyl (C=O) groups excluding carboxylic acids is 1. The van der Waals surface area contributed by atoms with Gasteiger partial charge in [0.15, 0.2) is 0 Å². The van der Waals surface area contributed by atoms with Gasteiger partial charge in [0.05, 0.1) is 34.4 Å². The van der Waals surface area contributed by atoms with Crippen LogP contribution in [-0.2, 0) is 27.9 Å². The molecule has 0 aromatic heterocycles. The number of unbranched alkanes of at least 4 members (excludes halogenated alkanes) is 26. The fraction of sp³-hybridized carbons (Fsp3) is 0.894. The number of rotatable bonds is 44. The minimum absolute atomic E-state index is 0.0277. The fourth-order valence-electron chi connectivity index (χ4n) is 6.58. The van der Waals surface area contributed by atoms with E-state index in [1.165, 1.54) is 154 Å². The lowest BCUT2D eigenvalue weighted by Crippen LogP contribution is -2.37. The summed E-state index contributed by atoms with van der Waals surface area (Å²) in [7, 11) is 1.36. The van der Waals surface area contributed by atoms with Crippen LogP contribution in [0.15, 0.2) is 24.3 Å². The van der Waals surface area contributed by atoms with Gasteiger partial charge in [-0.1, -0.05) is 186 Å². The van der Waals surface area contributed by atoms with E-state index in [0.717, 1.165) is 38.5 Å². The standard InChI is InChI=1S/C47H92NO7P/c1-6-8-10-12-14-16-18-20-22-23-24-25-26-27-29-31-33-35-37-39-42-52-44-46(45-54-56(50,51)53-43-41-48(3,4)5)55-47(49)40-38-36-34-32-30-28-21-19-17-15-13-11-9-7-2/h14,16,20,22,46H,6-13,15,17-19,21,23-45H2,1-5H3/b16-14-,22-20-. The van der Waals surface area contributed by atoms with E-state index in [1.807, 2.05) is 21.1 Å². The van der Waals surface area contributed by atoms with Gasteiger partial charge in [-0.05, 0) is 44.9 Å². The molecule has 0 bridgehead atoms. The van der Waals surface area contributed by atoms with Gasteiger partial charge in [-0.25, -0.2) is 0 Å². The van der Waals surface area contributed by atoms with Gasteiger partial charge in [-0.3, -0.25) is 9.36 Å². The molecule has 0 saturated carbocycles. The number of ether oxygens (including phenoxy) is 2. The minimum atomic E-state index is -4.52. The van der Waals surface area contributed by atoms with E-state index in [4.69, 9.17) is 18.5 Å². The Morgan fingerprint density at radius 3 is 1.48 bits per heavy atom. The SMILES string of the molecule is CCCCC/C=C\C/C=C\CCCCCCCCCCCCOCC(COP(=O)([O-])OCC[N+](C)(C)C)OC(=O)CCCCCCCCCCCCCCCC. The van der Waals surface area contributed by atoms with Gasteiger partial charge in [0.1, 0.15) is 19.3 Å². The van der Waals surface area contributed by atoms with Crippen LogP contribution in [-0.4, -0.2) is 70.7 Å². The Morgan fingerprint density at radius 1 is 0.554 bits per heavy atom. The molecular weight excluding hydrogens is 721 g/mol. The minimum Gasteiger partial charge on any atom is -0.756 e. The van der Waals surface area contributed by atoms with E-state index < -0.39 is 13.9 Å². The number of phosphoric ester groups is 1. The third kappa shape index (κ3) is 44.1. The molecule has 0 spiro atoms. The Kier molecular flexibility index (Phi) is 40.0. The van der Waals surface area contributed by atoms with Gasteiger partial charge in [-0.2, -0.15) is 0 Å². The number of hydrogen-bond acceptors (Lipinski definition) is 7. The lowest BCUT2D eigenvalue weighted by Gasteiger charge is -2.28. The predicted octanol–water partition coefficient (Wildman–Crippen LogP) is 13.4. The zero-order chi connectivity index (χ0) is 41.3. The quantitative estimate of drug-likeness (QED) is 0.0199. The van der Waals surface area contributed by atoms with Crippen LogP contribution in [0.3, 0.4) is 0 Å². The van der Waals surface area contributed by atoms with Gasteiger partial charge in [-0.15, -0.1) is 0 Å². The van der Waals surface area contributed by atoms with Crippen LogP contribution in [0.5, 0.6) is 0 Å². The monoisotopic (exact) mass is 814 g/mol. The summed E-state index contributed by atoms with van der Waals surface area (Å²) in [5.41, 5.74) is 0. The number of phosphoric acid groups is 1. The van der Waals surface area contributed by atoms with Gasteiger partial charge < -0.3 is 27.9 Å². The van der Waals surface area contributed by atoms with E-state index in [-0.39, 0.29) is 25.8 Å². The number of carbonyl (C=O) groups is 1. The van der Waals surface area contributed by atoms with Gasteiger partial charge in [0, 0.05) is 13.0 Å². The first-order valence-corrected chi connectivity index (χ1v) is 25.0. The molecule has 0 amide bonds. The molecule has 0 N–H and O–H groups in total. The lowest BCUT2D eigenvalue weighted by atomic mass is 10.0. The number of quaternary nitrogens is 1. The molecule has 0 fully saturated rings. The van der Waals surface area contributed by atoms with Crippen molar-refractivity contribution in [2.45, 2.75) is 219 Å². The van der Waals surface area contributed by atoms with Crippen molar-refractivity contribution in [3.8, 4) is 0 Å². The van der Waals surface area contributed by atoms with Crippen molar-refractivity contribution in [3.63, 3.8) is 0 Å². The van der Waals surface area contributed by atoms with Crippen LogP contribution in [0.4, 0.5) is 0 Å². The van der Waals surface area contributed by atoms with Gasteiger partial charge in [0.25, 0.3) is 7.82 Å². The Hall–Kier alpha value is -1.02. The highest BCUT2D eigenvalue weighted by atomic mass is 31.2. The number of esters is 1. The third-order valence-electron chi connectivity index (χ3n) is 10.3. The average Bonchev–Trinajstić information content (AvgIpc) is 3.15. The summed E-state index contributed by atoms with van der Waals surface area (Å²) in [4.78, 5) is 25.1. The highest BCUT2D eigenvalue weighted by Crippen LogP contribution is 2.38. The zero-order valence-electron chi connectivity index (χ0n) is 37.6. The van der Waals surface area contributed by atoms with Crippen molar-refractivity contribution in [1.82, 2.24) is 0 Å². The van der Waals surface area contributed by atoms with Crippen LogP contribution >= 0.6 is 7.82 Å². The van der Waals surface area contributed by atoms with Crippen LogP contribution < -0.4 is 4.89 Å². The summed E-state index contributed by atoms with van der Waals surface area (Å²) in [5.74, 6) is -0.332. The van der Waals surface area contributed by atoms with Crippen molar-refractivity contribution in [2.75, 3.05) is 54.1 Å². The first-order valence-electron chi connectivity index (χ1n) is 23.6. The predicted molar refractivity (Wildman–Crippen MR) is 236 cm³/mol. The second kappa shape index (κ2) is 40.7. The molecule has 0 aliphatic carbocycles. The number of hydrogen-bond donors (Lipinski definition) is 0. The number of allylic oxidation sites excluding steroid dienone is 4. The molecule has 8 nitrogen and oxygen atoms in total.